The molecule has 0 N–H and O–H groups in total. The van der Waals surface area contributed by atoms with E-state index in [1.165, 1.54) is 30.7 Å². The van der Waals surface area contributed by atoms with Crippen molar-refractivity contribution in [1.29, 1.82) is 0 Å². The van der Waals surface area contributed by atoms with Gasteiger partial charge in [0.05, 0.1) is 11.3 Å². The van der Waals surface area contributed by atoms with E-state index in [0.717, 1.165) is 29.7 Å². The molecular weight excluding hydrogens is 419 g/mol. The van der Waals surface area contributed by atoms with Crippen LogP contribution < -0.4 is 5.43 Å². The highest BCUT2D eigenvalue weighted by Gasteiger charge is 2.34. The maximum atomic E-state index is 13.5. The Kier molecular flexibility index (Phi) is 5.86. The van der Waals surface area contributed by atoms with Crippen molar-refractivity contribution < 1.29 is 18.0 Å². The fourth-order valence-electron chi connectivity index (χ4n) is 4.13. The van der Waals surface area contributed by atoms with Crippen molar-refractivity contribution in [2.45, 2.75) is 31.9 Å². The molecule has 1 aliphatic heterocycles. The molecule has 32 heavy (non-hydrogen) atoms. The molecule has 0 radical (unpaired) electrons. The number of nitrogens with zero attached hydrogens (tertiary/aromatic N) is 3. The Bertz CT molecular complexity index is 1180. The smallest absolute Gasteiger partial charge is 0.337 e. The van der Waals surface area contributed by atoms with Crippen LogP contribution in [0.1, 0.15) is 46.1 Å². The van der Waals surface area contributed by atoms with E-state index in [9.17, 15) is 22.8 Å². The molecule has 0 saturated carbocycles. The maximum Gasteiger partial charge on any atom is 0.418 e. The van der Waals surface area contributed by atoms with Gasteiger partial charge in [-0.25, -0.2) is 4.68 Å². The Labute approximate surface area is 183 Å². The molecule has 2 heterocycles. The van der Waals surface area contributed by atoms with E-state index >= 15 is 0 Å². The average molecular weight is 441 g/mol. The van der Waals surface area contributed by atoms with Crippen molar-refractivity contribution in [3.05, 3.63) is 93.4 Å². The van der Waals surface area contributed by atoms with Crippen LogP contribution in [-0.4, -0.2) is 33.7 Å². The summed E-state index contributed by atoms with van der Waals surface area (Å²) >= 11 is 0. The van der Waals surface area contributed by atoms with Gasteiger partial charge in [0.2, 0.25) is 5.43 Å². The van der Waals surface area contributed by atoms with Crippen molar-refractivity contribution in [2.24, 2.45) is 0 Å². The summed E-state index contributed by atoms with van der Waals surface area (Å²) in [5, 5.41) is 4.08. The zero-order valence-electron chi connectivity index (χ0n) is 17.5. The molecule has 0 unspecified atom stereocenters. The van der Waals surface area contributed by atoms with E-state index < -0.39 is 23.1 Å². The number of piperidine rings is 1. The number of benzene rings is 2. The normalized spacial score (nSPS) is 15.1. The van der Waals surface area contributed by atoms with Gasteiger partial charge in [-0.15, -0.1) is 0 Å². The van der Waals surface area contributed by atoms with Gasteiger partial charge >= 0.3 is 6.18 Å². The first kappa shape index (κ1) is 21.8. The lowest BCUT2D eigenvalue weighted by atomic mass is 9.89. The van der Waals surface area contributed by atoms with Crippen LogP contribution in [0.3, 0.4) is 0 Å². The fourth-order valence-corrected chi connectivity index (χ4v) is 4.13. The Morgan fingerprint density at radius 3 is 2.28 bits per heavy atom. The second-order valence-electron chi connectivity index (χ2n) is 7.90. The molecule has 0 atom stereocenters. The van der Waals surface area contributed by atoms with Gasteiger partial charge in [0, 0.05) is 24.8 Å². The van der Waals surface area contributed by atoms with Gasteiger partial charge in [0.15, 0.2) is 5.69 Å². The second kappa shape index (κ2) is 8.61. The Morgan fingerprint density at radius 2 is 1.62 bits per heavy atom. The number of rotatable bonds is 3. The highest BCUT2D eigenvalue weighted by Crippen LogP contribution is 2.34. The molecule has 5 nitrogen and oxygen atoms in total. The fraction of sp³-hybridized carbons (Fsp3) is 0.292. The molecule has 3 aromatic rings. The lowest BCUT2D eigenvalue weighted by molar-refractivity contribution is -0.137. The van der Waals surface area contributed by atoms with Gasteiger partial charge in [-0.05, 0) is 43.4 Å². The second-order valence-corrected chi connectivity index (χ2v) is 7.90. The van der Waals surface area contributed by atoms with Crippen molar-refractivity contribution in [1.82, 2.24) is 14.7 Å². The van der Waals surface area contributed by atoms with Crippen LogP contribution in [-0.2, 0) is 6.18 Å². The molecule has 1 aliphatic rings. The van der Waals surface area contributed by atoms with Crippen molar-refractivity contribution in [2.75, 3.05) is 13.1 Å². The Balaban J connectivity index is 1.62. The van der Waals surface area contributed by atoms with E-state index in [0.29, 0.717) is 19.0 Å². The number of amides is 1. The minimum absolute atomic E-state index is 0.214. The third-order valence-corrected chi connectivity index (χ3v) is 5.80. The number of aryl methyl sites for hydroxylation is 1. The highest BCUT2D eigenvalue weighted by molar-refractivity contribution is 5.92. The van der Waals surface area contributed by atoms with Gasteiger partial charge in [0.1, 0.15) is 0 Å². The summed E-state index contributed by atoms with van der Waals surface area (Å²) in [6.07, 6.45) is -3.11. The summed E-state index contributed by atoms with van der Waals surface area (Å²) in [5.74, 6) is -0.235. The minimum Gasteiger partial charge on any atom is -0.337 e. The van der Waals surface area contributed by atoms with Gasteiger partial charge in [0.25, 0.3) is 5.91 Å². The van der Waals surface area contributed by atoms with Crippen molar-refractivity contribution >= 4 is 5.91 Å². The van der Waals surface area contributed by atoms with E-state index in [4.69, 9.17) is 0 Å². The molecule has 8 heteroatoms. The number of carbonyl (C=O) groups is 1. The molecule has 0 aliphatic carbocycles. The summed E-state index contributed by atoms with van der Waals surface area (Å²) in [5.41, 5.74) is -0.662. The van der Waals surface area contributed by atoms with E-state index in [2.05, 4.69) is 17.2 Å². The molecule has 2 aromatic carbocycles. The summed E-state index contributed by atoms with van der Waals surface area (Å²) in [6.45, 7) is 2.39. The van der Waals surface area contributed by atoms with Gasteiger partial charge in [-0.2, -0.15) is 18.3 Å². The molecule has 166 valence electrons. The molecule has 1 amide bonds. The van der Waals surface area contributed by atoms with Crippen LogP contribution in [0.15, 0.2) is 65.5 Å². The van der Waals surface area contributed by atoms with Gasteiger partial charge < -0.3 is 4.90 Å². The first-order chi connectivity index (χ1) is 15.3. The molecule has 0 spiro atoms. The van der Waals surface area contributed by atoms with Crippen LogP contribution in [0.25, 0.3) is 5.69 Å². The van der Waals surface area contributed by atoms with Crippen molar-refractivity contribution in [3.63, 3.8) is 0 Å². The van der Waals surface area contributed by atoms with Gasteiger partial charge in [-0.3, -0.25) is 9.59 Å². The van der Waals surface area contributed by atoms with Crippen LogP contribution in [0, 0.1) is 6.92 Å². The molecule has 0 bridgehead atoms. The largest absolute Gasteiger partial charge is 0.418 e. The maximum absolute atomic E-state index is 13.5. The highest BCUT2D eigenvalue weighted by atomic mass is 19.4. The summed E-state index contributed by atoms with van der Waals surface area (Å²) < 4.78 is 41.5. The quantitative estimate of drug-likeness (QED) is 0.598. The minimum atomic E-state index is -4.60. The topological polar surface area (TPSA) is 55.2 Å². The number of carbonyl (C=O) groups excluding carboxylic acids is 1. The lowest BCUT2D eigenvalue weighted by Gasteiger charge is -2.32. The monoisotopic (exact) mass is 441 g/mol. The first-order valence-electron chi connectivity index (χ1n) is 10.4. The predicted octanol–water partition coefficient (Wildman–Crippen LogP) is 4.58. The summed E-state index contributed by atoms with van der Waals surface area (Å²) in [4.78, 5) is 27.2. The third-order valence-electron chi connectivity index (χ3n) is 5.80. The summed E-state index contributed by atoms with van der Waals surface area (Å²) in [7, 11) is 0. The van der Waals surface area contributed by atoms with Gasteiger partial charge in [-0.1, -0.05) is 42.5 Å². The van der Waals surface area contributed by atoms with Crippen LogP contribution in [0.5, 0.6) is 0 Å². The SMILES string of the molecule is Cc1cc(=O)c(C(=O)N2CCC(c3ccccc3)CC2)nn1-c1ccccc1C(F)(F)F. The van der Waals surface area contributed by atoms with Crippen LogP contribution >= 0.6 is 0 Å². The number of alkyl halides is 3. The number of aromatic nitrogens is 2. The molecule has 4 rings (SSSR count). The number of para-hydroxylation sites is 1. The third kappa shape index (κ3) is 4.30. The predicted molar refractivity (Wildman–Crippen MR) is 114 cm³/mol. The number of halogens is 3. The summed E-state index contributed by atoms with van der Waals surface area (Å²) in [6, 6.07) is 16.1. The molecule has 1 fully saturated rings. The molecule has 1 saturated heterocycles. The number of hydrogen-bond donors (Lipinski definition) is 0. The standard InChI is InChI=1S/C24H22F3N3O2/c1-16-15-21(31)22(28-30(16)20-10-6-5-9-19(20)24(25,26)27)23(32)29-13-11-18(12-14-29)17-7-3-2-4-8-17/h2-10,15,18H,11-14H2,1H3. The zero-order chi connectivity index (χ0) is 22.9. The van der Waals surface area contributed by atoms with E-state index in [1.807, 2.05) is 18.2 Å². The Morgan fingerprint density at radius 1 is 1.00 bits per heavy atom. The first-order valence-corrected chi connectivity index (χ1v) is 10.4. The van der Waals surface area contributed by atoms with Crippen molar-refractivity contribution in [3.8, 4) is 5.69 Å². The van der Waals surface area contributed by atoms with E-state index in [-0.39, 0.29) is 17.1 Å². The Hall–Kier alpha value is -3.42. The molecule has 1 aromatic heterocycles. The lowest BCUT2D eigenvalue weighted by Crippen LogP contribution is -2.41. The van der Waals surface area contributed by atoms with Crippen LogP contribution in [0.2, 0.25) is 0 Å². The number of likely N-dealkylation sites (tertiary alicyclic amines) is 1. The average Bonchev–Trinajstić information content (AvgIpc) is 2.79. The zero-order valence-corrected chi connectivity index (χ0v) is 17.5. The van der Waals surface area contributed by atoms with Crippen LogP contribution in [0.4, 0.5) is 13.2 Å². The number of hydrogen-bond acceptors (Lipinski definition) is 3. The van der Waals surface area contributed by atoms with E-state index in [1.54, 1.807) is 4.90 Å². The molecular formula is C24H22F3N3O2.